The van der Waals surface area contributed by atoms with Gasteiger partial charge in [0.1, 0.15) is 6.33 Å². The predicted molar refractivity (Wildman–Crippen MR) is 57.2 cm³/mol. The third-order valence-corrected chi connectivity index (χ3v) is 1.90. The zero-order chi connectivity index (χ0) is 12.3. The maximum Gasteiger partial charge on any atom is 0.367 e. The fraction of sp³-hybridized carbons (Fsp3) is 0.333. The van der Waals surface area contributed by atoms with E-state index in [4.69, 9.17) is 22.8 Å². The van der Waals surface area contributed by atoms with Crippen LogP contribution >= 0.6 is 11.6 Å². The average molecular weight is 242 g/mol. The molecule has 6 nitrogen and oxygen atoms in total. The van der Waals surface area contributed by atoms with Crippen molar-refractivity contribution in [3.63, 3.8) is 0 Å². The van der Waals surface area contributed by atoms with Crippen LogP contribution in [0.5, 0.6) is 5.88 Å². The van der Waals surface area contributed by atoms with E-state index in [1.54, 1.807) is 13.8 Å². The molecule has 0 atom stereocenters. The standard InChI is InChI=1S/C9H8ClN3O3/c1-4-9(2,3)16-8-6(13(14)15)7(10)11-5-12-8/h1,5H,2-3H3. The number of nitro groups is 1. The summed E-state index contributed by atoms with van der Waals surface area (Å²) in [7, 11) is 0. The van der Waals surface area contributed by atoms with Gasteiger partial charge in [-0.05, 0) is 13.8 Å². The third-order valence-electron chi connectivity index (χ3n) is 1.63. The quantitative estimate of drug-likeness (QED) is 0.349. The molecule has 0 aliphatic heterocycles. The number of rotatable bonds is 3. The smallest absolute Gasteiger partial charge is 0.367 e. The third kappa shape index (κ3) is 2.58. The first-order valence-electron chi connectivity index (χ1n) is 4.19. The summed E-state index contributed by atoms with van der Waals surface area (Å²) in [5.41, 5.74) is -1.50. The Morgan fingerprint density at radius 3 is 2.75 bits per heavy atom. The Morgan fingerprint density at radius 1 is 1.62 bits per heavy atom. The topological polar surface area (TPSA) is 78.2 Å². The van der Waals surface area contributed by atoms with Gasteiger partial charge in [-0.1, -0.05) is 17.5 Å². The highest BCUT2D eigenvalue weighted by Gasteiger charge is 2.27. The van der Waals surface area contributed by atoms with Gasteiger partial charge in [0, 0.05) is 0 Å². The lowest BCUT2D eigenvalue weighted by Crippen LogP contribution is -2.26. The van der Waals surface area contributed by atoms with Crippen LogP contribution in [-0.4, -0.2) is 20.5 Å². The first kappa shape index (κ1) is 12.2. The van der Waals surface area contributed by atoms with Crippen molar-refractivity contribution in [1.82, 2.24) is 9.97 Å². The summed E-state index contributed by atoms with van der Waals surface area (Å²) in [6, 6.07) is 0. The van der Waals surface area contributed by atoms with Gasteiger partial charge in [-0.3, -0.25) is 10.1 Å². The number of hydrogen-bond acceptors (Lipinski definition) is 5. The SMILES string of the molecule is C#CC(C)(C)Oc1ncnc(Cl)c1[N+](=O)[O-]. The first-order chi connectivity index (χ1) is 7.37. The van der Waals surface area contributed by atoms with Crippen molar-refractivity contribution in [3.8, 4) is 18.2 Å². The second-order valence-electron chi connectivity index (χ2n) is 3.33. The Kier molecular flexibility index (Phi) is 3.30. The molecule has 84 valence electrons. The normalized spacial score (nSPS) is 10.6. The van der Waals surface area contributed by atoms with E-state index < -0.39 is 16.2 Å². The van der Waals surface area contributed by atoms with Crippen molar-refractivity contribution in [2.75, 3.05) is 0 Å². The molecule has 16 heavy (non-hydrogen) atoms. The van der Waals surface area contributed by atoms with E-state index in [0.29, 0.717) is 0 Å². The second kappa shape index (κ2) is 4.33. The van der Waals surface area contributed by atoms with Gasteiger partial charge in [0.25, 0.3) is 0 Å². The summed E-state index contributed by atoms with van der Waals surface area (Å²) >= 11 is 5.57. The lowest BCUT2D eigenvalue weighted by molar-refractivity contribution is -0.386. The average Bonchev–Trinajstić information content (AvgIpc) is 2.16. The van der Waals surface area contributed by atoms with Gasteiger partial charge in [-0.15, -0.1) is 6.42 Å². The molecule has 0 saturated carbocycles. The van der Waals surface area contributed by atoms with E-state index in [-0.39, 0.29) is 11.0 Å². The highest BCUT2D eigenvalue weighted by atomic mass is 35.5. The summed E-state index contributed by atoms with van der Waals surface area (Å²) in [5, 5.41) is 10.4. The number of ether oxygens (including phenoxy) is 1. The van der Waals surface area contributed by atoms with Crippen LogP contribution in [0.3, 0.4) is 0 Å². The molecule has 1 aromatic rings. The molecule has 7 heteroatoms. The zero-order valence-electron chi connectivity index (χ0n) is 8.60. The predicted octanol–water partition coefficient (Wildman–Crippen LogP) is 1.83. The van der Waals surface area contributed by atoms with E-state index in [1.807, 2.05) is 0 Å². The number of nitrogens with zero attached hydrogens (tertiary/aromatic N) is 3. The Balaban J connectivity index is 3.21. The molecule has 0 unspecified atom stereocenters. The largest absolute Gasteiger partial charge is 0.453 e. The van der Waals surface area contributed by atoms with Crippen LogP contribution in [-0.2, 0) is 0 Å². The molecule has 0 bridgehead atoms. The van der Waals surface area contributed by atoms with Crippen LogP contribution in [0, 0.1) is 22.5 Å². The number of terminal acetylenes is 1. The number of aromatic nitrogens is 2. The Morgan fingerprint density at radius 2 is 2.25 bits per heavy atom. The molecule has 0 amide bonds. The molecule has 1 aromatic heterocycles. The Bertz CT molecular complexity index is 468. The van der Waals surface area contributed by atoms with Gasteiger partial charge in [-0.25, -0.2) is 4.98 Å². The van der Waals surface area contributed by atoms with Gasteiger partial charge >= 0.3 is 11.6 Å². The lowest BCUT2D eigenvalue weighted by Gasteiger charge is -2.18. The van der Waals surface area contributed by atoms with Crippen molar-refractivity contribution < 1.29 is 9.66 Å². The molecule has 0 spiro atoms. The maximum absolute atomic E-state index is 10.7. The van der Waals surface area contributed by atoms with Gasteiger partial charge in [0.15, 0.2) is 5.60 Å². The summed E-state index contributed by atoms with van der Waals surface area (Å²) in [5.74, 6) is 2.08. The van der Waals surface area contributed by atoms with Crippen LogP contribution < -0.4 is 4.74 Å². The first-order valence-corrected chi connectivity index (χ1v) is 4.57. The molecular formula is C9H8ClN3O3. The van der Waals surface area contributed by atoms with E-state index in [0.717, 1.165) is 6.33 Å². The van der Waals surface area contributed by atoms with Crippen molar-refractivity contribution in [2.24, 2.45) is 0 Å². The summed E-state index contributed by atoms with van der Waals surface area (Å²) in [4.78, 5) is 17.1. The van der Waals surface area contributed by atoms with Crippen molar-refractivity contribution in [3.05, 3.63) is 21.6 Å². The fourth-order valence-corrected chi connectivity index (χ4v) is 1.04. The molecule has 0 aromatic carbocycles. The molecule has 0 aliphatic carbocycles. The van der Waals surface area contributed by atoms with Gasteiger partial charge in [-0.2, -0.15) is 4.98 Å². The van der Waals surface area contributed by atoms with Gasteiger partial charge in [0.2, 0.25) is 5.15 Å². The molecular weight excluding hydrogens is 234 g/mol. The van der Waals surface area contributed by atoms with Crippen LogP contribution in [0.1, 0.15) is 13.8 Å². The van der Waals surface area contributed by atoms with Crippen molar-refractivity contribution in [1.29, 1.82) is 0 Å². The van der Waals surface area contributed by atoms with Crippen molar-refractivity contribution in [2.45, 2.75) is 19.4 Å². The van der Waals surface area contributed by atoms with E-state index >= 15 is 0 Å². The minimum absolute atomic E-state index is 0.243. The molecule has 0 saturated heterocycles. The molecule has 1 rings (SSSR count). The fourth-order valence-electron chi connectivity index (χ4n) is 0.842. The summed E-state index contributed by atoms with van der Waals surface area (Å²) in [6.45, 7) is 3.15. The van der Waals surface area contributed by atoms with Gasteiger partial charge < -0.3 is 4.74 Å². The highest BCUT2D eigenvalue weighted by molar-refractivity contribution is 6.31. The molecule has 0 radical (unpaired) electrons. The number of hydrogen-bond donors (Lipinski definition) is 0. The van der Waals surface area contributed by atoms with E-state index in [2.05, 4.69) is 15.9 Å². The lowest BCUT2D eigenvalue weighted by atomic mass is 10.1. The monoisotopic (exact) mass is 241 g/mol. The molecule has 0 N–H and O–H groups in total. The molecule has 1 heterocycles. The second-order valence-corrected chi connectivity index (χ2v) is 3.69. The highest BCUT2D eigenvalue weighted by Crippen LogP contribution is 2.32. The van der Waals surface area contributed by atoms with E-state index in [9.17, 15) is 10.1 Å². The molecule has 0 fully saturated rings. The zero-order valence-corrected chi connectivity index (χ0v) is 9.35. The Labute approximate surface area is 96.8 Å². The van der Waals surface area contributed by atoms with Gasteiger partial charge in [0.05, 0.1) is 4.92 Å². The van der Waals surface area contributed by atoms with E-state index in [1.165, 1.54) is 0 Å². The van der Waals surface area contributed by atoms with Crippen molar-refractivity contribution >= 4 is 17.3 Å². The molecule has 0 aliphatic rings. The van der Waals surface area contributed by atoms with Crippen LogP contribution in [0.4, 0.5) is 5.69 Å². The minimum atomic E-state index is -1.01. The summed E-state index contributed by atoms with van der Waals surface area (Å²) < 4.78 is 5.21. The minimum Gasteiger partial charge on any atom is -0.453 e. The summed E-state index contributed by atoms with van der Waals surface area (Å²) in [6.07, 6.45) is 6.26. The van der Waals surface area contributed by atoms with Crippen LogP contribution in [0.15, 0.2) is 6.33 Å². The van der Waals surface area contributed by atoms with Crippen LogP contribution in [0.2, 0.25) is 5.15 Å². The number of halogens is 1. The Hall–Kier alpha value is -1.87. The maximum atomic E-state index is 10.7. The van der Waals surface area contributed by atoms with Crippen LogP contribution in [0.25, 0.3) is 0 Å².